The van der Waals surface area contributed by atoms with Gasteiger partial charge in [0.25, 0.3) is 5.91 Å². The molecule has 50 valence electrons. The average molecular weight is 194 g/mol. The van der Waals surface area contributed by atoms with Gasteiger partial charge >= 0.3 is 6.03 Å². The predicted octanol–water partition coefficient (Wildman–Crippen LogP) is -0.949. The van der Waals surface area contributed by atoms with E-state index in [9.17, 15) is 9.59 Å². The highest BCUT2D eigenvalue weighted by atomic mass is 79.9. The summed E-state index contributed by atoms with van der Waals surface area (Å²) in [5.74, 6) is -0.390. The Labute approximate surface area is 59.3 Å². The minimum Gasteiger partial charge on any atom is -0.275 e. The maximum Gasteiger partial charge on any atom is 0.335 e. The number of carbonyl (C=O) groups is 2. The smallest absolute Gasteiger partial charge is 0.275 e. The summed E-state index contributed by atoms with van der Waals surface area (Å²) in [6, 6.07) is -0.532. The zero-order valence-corrected chi connectivity index (χ0v) is 5.86. The molecule has 3 amide bonds. The molecule has 1 unspecified atom stereocenters. The second-order valence-electron chi connectivity index (χ2n) is 1.45. The molecule has 1 rings (SSSR count). The number of hydrogen-bond acceptors (Lipinski definition) is 3. The molecule has 1 saturated heterocycles. The Balaban J connectivity index is 2.54. The number of amides is 3. The molecule has 0 aliphatic carbocycles. The van der Waals surface area contributed by atoms with Crippen LogP contribution < -0.4 is 16.2 Å². The number of hydrogen-bond donors (Lipinski definition) is 3. The standard InChI is InChI=1S/C3H4BrN3O2/c4-1-2(8)5-3(9)7-6-1/h1,6H,(H2,5,7,8,9). The van der Waals surface area contributed by atoms with Gasteiger partial charge < -0.3 is 0 Å². The summed E-state index contributed by atoms with van der Waals surface area (Å²) in [5, 5.41) is 2.03. The zero-order chi connectivity index (χ0) is 6.85. The van der Waals surface area contributed by atoms with Gasteiger partial charge in [-0.25, -0.2) is 10.2 Å². The molecule has 0 radical (unpaired) electrons. The first-order valence-corrected chi connectivity index (χ1v) is 3.12. The highest BCUT2D eigenvalue weighted by molar-refractivity contribution is 9.10. The summed E-state index contributed by atoms with van der Waals surface area (Å²) in [5.41, 5.74) is 4.58. The van der Waals surface area contributed by atoms with Crippen LogP contribution in [0.15, 0.2) is 0 Å². The molecule has 3 N–H and O–H groups in total. The van der Waals surface area contributed by atoms with Gasteiger partial charge in [-0.2, -0.15) is 0 Å². The van der Waals surface area contributed by atoms with Crippen LogP contribution in [-0.4, -0.2) is 16.9 Å². The van der Waals surface area contributed by atoms with E-state index in [-0.39, 0.29) is 0 Å². The lowest BCUT2D eigenvalue weighted by molar-refractivity contribution is -0.120. The van der Waals surface area contributed by atoms with E-state index in [1.165, 1.54) is 0 Å². The lowest BCUT2D eigenvalue weighted by Crippen LogP contribution is -2.60. The topological polar surface area (TPSA) is 70.2 Å². The fourth-order valence-electron chi connectivity index (χ4n) is 0.401. The second kappa shape index (κ2) is 2.32. The summed E-state index contributed by atoms with van der Waals surface area (Å²) in [7, 11) is 0. The Morgan fingerprint density at radius 2 is 2.11 bits per heavy atom. The van der Waals surface area contributed by atoms with Crippen LogP contribution in [0.5, 0.6) is 0 Å². The minimum absolute atomic E-state index is 0.390. The van der Waals surface area contributed by atoms with Gasteiger partial charge in [0.1, 0.15) is 0 Å². The molecule has 1 aliphatic rings. The number of carbonyl (C=O) groups excluding carboxylic acids is 2. The van der Waals surface area contributed by atoms with Crippen molar-refractivity contribution in [3.8, 4) is 0 Å². The quantitative estimate of drug-likeness (QED) is 0.344. The molecule has 1 aliphatic heterocycles. The van der Waals surface area contributed by atoms with E-state index in [0.717, 1.165) is 0 Å². The first-order chi connectivity index (χ1) is 4.20. The second-order valence-corrected chi connectivity index (χ2v) is 2.37. The predicted molar refractivity (Wildman–Crippen MR) is 32.5 cm³/mol. The molecule has 6 heteroatoms. The molecule has 0 aromatic carbocycles. The lowest BCUT2D eigenvalue weighted by Gasteiger charge is -2.17. The summed E-state index contributed by atoms with van der Waals surface area (Å²) < 4.78 is 0. The Hall–Kier alpha value is -0.620. The molecule has 5 nitrogen and oxygen atoms in total. The van der Waals surface area contributed by atoms with Crippen molar-refractivity contribution in [2.45, 2.75) is 4.95 Å². The Morgan fingerprint density at radius 3 is 2.56 bits per heavy atom. The van der Waals surface area contributed by atoms with Gasteiger partial charge in [0.05, 0.1) is 0 Å². The van der Waals surface area contributed by atoms with Gasteiger partial charge in [0.2, 0.25) is 0 Å². The molecular weight excluding hydrogens is 190 g/mol. The van der Waals surface area contributed by atoms with Crippen molar-refractivity contribution in [2.75, 3.05) is 0 Å². The molecule has 1 fully saturated rings. The van der Waals surface area contributed by atoms with Crippen LogP contribution >= 0.6 is 15.9 Å². The van der Waals surface area contributed by atoms with Crippen LogP contribution in [-0.2, 0) is 4.79 Å². The van der Waals surface area contributed by atoms with Gasteiger partial charge in [0, 0.05) is 0 Å². The number of imide groups is 1. The number of nitrogens with one attached hydrogen (secondary N) is 3. The molecule has 9 heavy (non-hydrogen) atoms. The number of rotatable bonds is 0. The Kier molecular flexibility index (Phi) is 1.68. The van der Waals surface area contributed by atoms with E-state index in [1.807, 2.05) is 5.32 Å². The van der Waals surface area contributed by atoms with Gasteiger partial charge in [-0.3, -0.25) is 15.5 Å². The summed E-state index contributed by atoms with van der Waals surface area (Å²) in [6.07, 6.45) is 0. The monoisotopic (exact) mass is 193 g/mol. The average Bonchev–Trinajstić information content (AvgIpc) is 1.80. The largest absolute Gasteiger partial charge is 0.335 e. The van der Waals surface area contributed by atoms with Gasteiger partial charge in [-0.15, -0.1) is 0 Å². The van der Waals surface area contributed by atoms with E-state index in [2.05, 4.69) is 26.8 Å². The lowest BCUT2D eigenvalue weighted by atomic mass is 10.6. The van der Waals surface area contributed by atoms with Crippen molar-refractivity contribution in [3.05, 3.63) is 0 Å². The molecule has 0 aromatic heterocycles. The van der Waals surface area contributed by atoms with E-state index < -0.39 is 16.9 Å². The number of halogens is 1. The normalized spacial score (nSPS) is 27.0. The van der Waals surface area contributed by atoms with Gasteiger partial charge in [-0.1, -0.05) is 15.9 Å². The molecule has 0 aromatic rings. The van der Waals surface area contributed by atoms with E-state index in [4.69, 9.17) is 0 Å². The van der Waals surface area contributed by atoms with Crippen molar-refractivity contribution in [2.24, 2.45) is 0 Å². The van der Waals surface area contributed by atoms with Crippen LogP contribution in [0.3, 0.4) is 0 Å². The Morgan fingerprint density at radius 1 is 1.44 bits per heavy atom. The summed E-state index contributed by atoms with van der Waals surface area (Å²) in [6.45, 7) is 0. The third kappa shape index (κ3) is 1.39. The fourth-order valence-corrected chi connectivity index (χ4v) is 0.630. The maximum absolute atomic E-state index is 10.5. The first kappa shape index (κ1) is 6.50. The highest BCUT2D eigenvalue weighted by Gasteiger charge is 2.21. The third-order valence-corrected chi connectivity index (χ3v) is 1.42. The highest BCUT2D eigenvalue weighted by Crippen LogP contribution is 1.94. The van der Waals surface area contributed by atoms with Crippen LogP contribution in [0.25, 0.3) is 0 Å². The van der Waals surface area contributed by atoms with Gasteiger partial charge in [0.15, 0.2) is 4.95 Å². The van der Waals surface area contributed by atoms with Crippen LogP contribution in [0.4, 0.5) is 4.79 Å². The fraction of sp³-hybridized carbons (Fsp3) is 0.333. The van der Waals surface area contributed by atoms with Crippen LogP contribution in [0, 0.1) is 0 Å². The van der Waals surface area contributed by atoms with Crippen molar-refractivity contribution >= 4 is 27.9 Å². The number of urea groups is 1. The minimum atomic E-state index is -0.532. The molecule has 0 saturated carbocycles. The van der Waals surface area contributed by atoms with Crippen molar-refractivity contribution in [1.29, 1.82) is 0 Å². The number of hydrazine groups is 1. The van der Waals surface area contributed by atoms with Crippen molar-refractivity contribution in [1.82, 2.24) is 16.2 Å². The Bertz CT molecular complexity index is 159. The number of alkyl halides is 1. The van der Waals surface area contributed by atoms with E-state index in [0.29, 0.717) is 0 Å². The maximum atomic E-state index is 10.5. The van der Waals surface area contributed by atoms with E-state index in [1.54, 1.807) is 0 Å². The van der Waals surface area contributed by atoms with Crippen molar-refractivity contribution < 1.29 is 9.59 Å². The molecule has 0 bridgehead atoms. The summed E-state index contributed by atoms with van der Waals surface area (Å²) >= 11 is 2.94. The third-order valence-electron chi connectivity index (χ3n) is 0.779. The first-order valence-electron chi connectivity index (χ1n) is 2.20. The molecule has 1 heterocycles. The SMILES string of the molecule is O=C1NNC(Br)C(=O)N1. The molecule has 1 atom stereocenters. The van der Waals surface area contributed by atoms with E-state index >= 15 is 0 Å². The zero-order valence-electron chi connectivity index (χ0n) is 4.27. The molecule has 0 spiro atoms. The molecular formula is C3H4BrN3O2. The van der Waals surface area contributed by atoms with Gasteiger partial charge in [-0.05, 0) is 0 Å². The summed E-state index contributed by atoms with van der Waals surface area (Å²) in [4.78, 5) is 20.3. The van der Waals surface area contributed by atoms with Crippen molar-refractivity contribution in [3.63, 3.8) is 0 Å². The van der Waals surface area contributed by atoms with Crippen LogP contribution in [0.2, 0.25) is 0 Å². The van der Waals surface area contributed by atoms with Crippen LogP contribution in [0.1, 0.15) is 0 Å².